The van der Waals surface area contributed by atoms with Gasteiger partial charge in [-0.25, -0.2) is 0 Å². The van der Waals surface area contributed by atoms with Gasteiger partial charge in [0.2, 0.25) is 5.91 Å². The van der Waals surface area contributed by atoms with Crippen LogP contribution >= 0.6 is 0 Å². The first kappa shape index (κ1) is 9.90. The van der Waals surface area contributed by atoms with Crippen LogP contribution in [0.25, 0.3) is 0 Å². The molecule has 0 unspecified atom stereocenters. The standard InChI is InChI=1S/C12H13NO2/c14-8-10-2-1-3-11(6-10)13-12(15)7-9-4-5-9/h1-3,6,8-9H,4-5,7H2,(H,13,15). The zero-order valence-electron chi connectivity index (χ0n) is 8.40. The maximum absolute atomic E-state index is 11.5. The van der Waals surface area contributed by atoms with Crippen molar-refractivity contribution in [3.05, 3.63) is 29.8 Å². The number of rotatable bonds is 4. The Labute approximate surface area is 88.5 Å². The topological polar surface area (TPSA) is 46.2 Å². The van der Waals surface area contributed by atoms with Gasteiger partial charge < -0.3 is 5.32 Å². The molecule has 0 radical (unpaired) electrons. The van der Waals surface area contributed by atoms with E-state index in [4.69, 9.17) is 0 Å². The van der Waals surface area contributed by atoms with Crippen molar-refractivity contribution in [2.24, 2.45) is 5.92 Å². The van der Waals surface area contributed by atoms with Crippen LogP contribution in [0.15, 0.2) is 24.3 Å². The SMILES string of the molecule is O=Cc1cccc(NC(=O)CC2CC2)c1. The molecule has 1 amide bonds. The fraction of sp³-hybridized carbons (Fsp3) is 0.333. The molecule has 2 rings (SSSR count). The molecule has 0 aliphatic heterocycles. The zero-order chi connectivity index (χ0) is 10.7. The van der Waals surface area contributed by atoms with Crippen LogP contribution in [-0.4, -0.2) is 12.2 Å². The van der Waals surface area contributed by atoms with Gasteiger partial charge in [-0.2, -0.15) is 0 Å². The molecule has 1 aliphatic carbocycles. The lowest BCUT2D eigenvalue weighted by atomic mass is 10.2. The lowest BCUT2D eigenvalue weighted by Gasteiger charge is -2.04. The highest BCUT2D eigenvalue weighted by Crippen LogP contribution is 2.32. The summed E-state index contributed by atoms with van der Waals surface area (Å²) < 4.78 is 0. The summed E-state index contributed by atoms with van der Waals surface area (Å²) in [5.74, 6) is 0.625. The Morgan fingerprint density at radius 2 is 2.27 bits per heavy atom. The molecule has 78 valence electrons. The Hall–Kier alpha value is -1.64. The summed E-state index contributed by atoms with van der Waals surface area (Å²) >= 11 is 0. The third-order valence-corrected chi connectivity index (χ3v) is 2.48. The summed E-state index contributed by atoms with van der Waals surface area (Å²) in [6.07, 6.45) is 3.71. The Kier molecular flexibility index (Phi) is 2.81. The molecule has 0 saturated heterocycles. The molecule has 1 saturated carbocycles. The molecule has 1 N–H and O–H groups in total. The Balaban J connectivity index is 1.96. The average molecular weight is 203 g/mol. The number of hydrogen-bond acceptors (Lipinski definition) is 2. The quantitative estimate of drug-likeness (QED) is 0.763. The second-order valence-electron chi connectivity index (χ2n) is 3.94. The van der Waals surface area contributed by atoms with Crippen molar-refractivity contribution in [2.45, 2.75) is 19.3 Å². The van der Waals surface area contributed by atoms with Crippen molar-refractivity contribution in [3.8, 4) is 0 Å². The first-order valence-electron chi connectivity index (χ1n) is 5.13. The Bertz CT molecular complexity index is 383. The van der Waals surface area contributed by atoms with E-state index in [1.54, 1.807) is 24.3 Å². The van der Waals surface area contributed by atoms with E-state index in [0.717, 1.165) is 6.29 Å². The molecule has 1 aromatic carbocycles. The number of nitrogens with one attached hydrogen (secondary N) is 1. The fourth-order valence-corrected chi connectivity index (χ4v) is 1.49. The number of carbonyl (C=O) groups excluding carboxylic acids is 2. The third kappa shape index (κ3) is 2.91. The van der Waals surface area contributed by atoms with Gasteiger partial charge in [-0.1, -0.05) is 12.1 Å². The maximum Gasteiger partial charge on any atom is 0.224 e. The summed E-state index contributed by atoms with van der Waals surface area (Å²) in [6.45, 7) is 0. The second-order valence-corrected chi connectivity index (χ2v) is 3.94. The molecule has 0 spiro atoms. The molecule has 0 bridgehead atoms. The van der Waals surface area contributed by atoms with Gasteiger partial charge in [-0.3, -0.25) is 9.59 Å². The van der Waals surface area contributed by atoms with Crippen LogP contribution < -0.4 is 5.32 Å². The molecule has 15 heavy (non-hydrogen) atoms. The predicted molar refractivity (Wildman–Crippen MR) is 57.8 cm³/mol. The van der Waals surface area contributed by atoms with Gasteiger partial charge in [0.05, 0.1) is 0 Å². The van der Waals surface area contributed by atoms with Crippen LogP contribution in [-0.2, 0) is 4.79 Å². The summed E-state index contributed by atoms with van der Waals surface area (Å²) in [7, 11) is 0. The molecule has 1 aromatic rings. The van der Waals surface area contributed by atoms with Crippen molar-refractivity contribution < 1.29 is 9.59 Å². The Morgan fingerprint density at radius 3 is 2.93 bits per heavy atom. The summed E-state index contributed by atoms with van der Waals surface area (Å²) in [5.41, 5.74) is 1.28. The van der Waals surface area contributed by atoms with Crippen LogP contribution in [0, 0.1) is 5.92 Å². The second kappa shape index (κ2) is 4.26. The first-order valence-corrected chi connectivity index (χ1v) is 5.13. The summed E-state index contributed by atoms with van der Waals surface area (Å²) in [6, 6.07) is 6.94. The predicted octanol–water partition coefficient (Wildman–Crippen LogP) is 2.24. The zero-order valence-corrected chi connectivity index (χ0v) is 8.40. The van der Waals surface area contributed by atoms with Crippen molar-refractivity contribution in [3.63, 3.8) is 0 Å². The fourth-order valence-electron chi connectivity index (χ4n) is 1.49. The minimum atomic E-state index is 0.0422. The van der Waals surface area contributed by atoms with Crippen LogP contribution in [0.3, 0.4) is 0 Å². The highest BCUT2D eigenvalue weighted by Gasteiger charge is 2.24. The maximum atomic E-state index is 11.5. The first-order chi connectivity index (χ1) is 7.28. The van der Waals surface area contributed by atoms with Gasteiger partial charge in [0, 0.05) is 17.7 Å². The van der Waals surface area contributed by atoms with Gasteiger partial charge in [-0.05, 0) is 30.9 Å². The van der Waals surface area contributed by atoms with Gasteiger partial charge in [0.1, 0.15) is 6.29 Å². The minimum absolute atomic E-state index is 0.0422. The van der Waals surface area contributed by atoms with Crippen molar-refractivity contribution in [1.82, 2.24) is 0 Å². The molecule has 1 fully saturated rings. The van der Waals surface area contributed by atoms with Crippen molar-refractivity contribution in [2.75, 3.05) is 5.32 Å². The van der Waals surface area contributed by atoms with Crippen LogP contribution in [0.4, 0.5) is 5.69 Å². The van der Waals surface area contributed by atoms with Gasteiger partial charge in [0.25, 0.3) is 0 Å². The number of benzene rings is 1. The largest absolute Gasteiger partial charge is 0.326 e. The van der Waals surface area contributed by atoms with Crippen molar-refractivity contribution in [1.29, 1.82) is 0 Å². The van der Waals surface area contributed by atoms with Gasteiger partial charge >= 0.3 is 0 Å². The summed E-state index contributed by atoms with van der Waals surface area (Å²) in [5, 5.41) is 2.79. The molecule has 3 nitrogen and oxygen atoms in total. The van der Waals surface area contributed by atoms with E-state index in [2.05, 4.69) is 5.32 Å². The van der Waals surface area contributed by atoms with Gasteiger partial charge in [-0.15, -0.1) is 0 Å². The van der Waals surface area contributed by atoms with Crippen molar-refractivity contribution >= 4 is 17.9 Å². The summed E-state index contributed by atoms with van der Waals surface area (Å²) in [4.78, 5) is 22.0. The van der Waals surface area contributed by atoms with E-state index in [0.29, 0.717) is 23.6 Å². The highest BCUT2D eigenvalue weighted by atomic mass is 16.1. The third-order valence-electron chi connectivity index (χ3n) is 2.48. The molecular weight excluding hydrogens is 190 g/mol. The lowest BCUT2D eigenvalue weighted by Crippen LogP contribution is -2.11. The van der Waals surface area contributed by atoms with E-state index in [-0.39, 0.29) is 5.91 Å². The molecule has 0 aromatic heterocycles. The van der Waals surface area contributed by atoms with E-state index >= 15 is 0 Å². The van der Waals surface area contributed by atoms with Gasteiger partial charge in [0.15, 0.2) is 0 Å². The Morgan fingerprint density at radius 1 is 1.47 bits per heavy atom. The molecule has 0 heterocycles. The molecule has 0 atom stereocenters. The minimum Gasteiger partial charge on any atom is -0.326 e. The van der Waals surface area contributed by atoms with E-state index in [1.165, 1.54) is 12.8 Å². The van der Waals surface area contributed by atoms with E-state index in [1.807, 2.05) is 0 Å². The molecule has 3 heteroatoms. The lowest BCUT2D eigenvalue weighted by molar-refractivity contribution is -0.116. The normalized spacial score (nSPS) is 14.7. The monoisotopic (exact) mass is 203 g/mol. The van der Waals surface area contributed by atoms with Crippen LogP contribution in [0.5, 0.6) is 0 Å². The van der Waals surface area contributed by atoms with Crippen LogP contribution in [0.1, 0.15) is 29.6 Å². The number of carbonyl (C=O) groups is 2. The highest BCUT2D eigenvalue weighted by molar-refractivity contribution is 5.92. The van der Waals surface area contributed by atoms with E-state index in [9.17, 15) is 9.59 Å². The number of hydrogen-bond donors (Lipinski definition) is 1. The van der Waals surface area contributed by atoms with Crippen LogP contribution in [0.2, 0.25) is 0 Å². The number of aldehydes is 1. The average Bonchev–Trinajstić information content (AvgIpc) is 3.02. The molecular formula is C12H13NO2. The smallest absolute Gasteiger partial charge is 0.224 e. The number of anilines is 1. The number of amides is 1. The van der Waals surface area contributed by atoms with E-state index < -0.39 is 0 Å². The molecule has 1 aliphatic rings.